The lowest BCUT2D eigenvalue weighted by atomic mass is 9.98. The van der Waals surface area contributed by atoms with E-state index in [0.29, 0.717) is 18.8 Å². The molecule has 0 aliphatic carbocycles. The lowest BCUT2D eigenvalue weighted by Crippen LogP contribution is -2.51. The van der Waals surface area contributed by atoms with Crippen LogP contribution in [0, 0.1) is 5.82 Å². The van der Waals surface area contributed by atoms with Crippen molar-refractivity contribution in [1.82, 2.24) is 5.32 Å². The summed E-state index contributed by atoms with van der Waals surface area (Å²) >= 11 is 0. The molecule has 5 heteroatoms. The van der Waals surface area contributed by atoms with E-state index >= 15 is 0 Å². The molecular formula is C15H22FNO3. The van der Waals surface area contributed by atoms with Crippen molar-refractivity contribution in [2.75, 3.05) is 20.3 Å². The van der Waals surface area contributed by atoms with Gasteiger partial charge in [0.05, 0.1) is 13.7 Å². The quantitative estimate of drug-likeness (QED) is 0.745. The first kappa shape index (κ1) is 16.4. The number of methoxy groups -OCH3 is 1. The van der Waals surface area contributed by atoms with Crippen molar-refractivity contribution in [3.8, 4) is 5.75 Å². The Kier molecular flexibility index (Phi) is 6.45. The number of hydrogen-bond acceptors (Lipinski definition) is 4. The van der Waals surface area contributed by atoms with Crippen LogP contribution in [0.4, 0.5) is 4.39 Å². The molecule has 1 atom stereocenters. The van der Waals surface area contributed by atoms with E-state index in [1.165, 1.54) is 19.2 Å². The number of carbonyl (C=O) groups excluding carboxylic acids is 1. The fourth-order valence-corrected chi connectivity index (χ4v) is 1.79. The Bertz CT molecular complexity index is 422. The predicted molar refractivity (Wildman–Crippen MR) is 75.2 cm³/mol. The van der Waals surface area contributed by atoms with E-state index in [1.54, 1.807) is 19.1 Å². The zero-order valence-electron chi connectivity index (χ0n) is 12.2. The van der Waals surface area contributed by atoms with E-state index in [1.807, 2.05) is 6.92 Å². The van der Waals surface area contributed by atoms with Gasteiger partial charge in [0, 0.05) is 6.42 Å². The summed E-state index contributed by atoms with van der Waals surface area (Å²) in [6.07, 6.45) is 1.39. The van der Waals surface area contributed by atoms with Gasteiger partial charge in [-0.15, -0.1) is 0 Å². The van der Waals surface area contributed by atoms with Gasteiger partial charge >= 0.3 is 5.97 Å². The molecule has 0 saturated heterocycles. The highest BCUT2D eigenvalue weighted by Crippen LogP contribution is 2.15. The molecule has 0 radical (unpaired) electrons. The Morgan fingerprint density at radius 1 is 1.35 bits per heavy atom. The molecule has 0 bridgehead atoms. The Hall–Kier alpha value is -1.62. The van der Waals surface area contributed by atoms with Gasteiger partial charge in [-0.25, -0.2) is 4.39 Å². The van der Waals surface area contributed by atoms with Crippen LogP contribution in [0.2, 0.25) is 0 Å². The van der Waals surface area contributed by atoms with Crippen LogP contribution in [0.3, 0.4) is 0 Å². The second kappa shape index (κ2) is 7.85. The third kappa shape index (κ3) is 4.81. The summed E-state index contributed by atoms with van der Waals surface area (Å²) in [6, 6.07) is 5.79. The van der Waals surface area contributed by atoms with Gasteiger partial charge in [-0.1, -0.05) is 6.92 Å². The van der Waals surface area contributed by atoms with Crippen LogP contribution in [0.25, 0.3) is 0 Å². The zero-order valence-corrected chi connectivity index (χ0v) is 12.2. The second-order valence-electron chi connectivity index (χ2n) is 4.80. The van der Waals surface area contributed by atoms with Crippen molar-refractivity contribution in [3.05, 3.63) is 30.1 Å². The summed E-state index contributed by atoms with van der Waals surface area (Å²) in [5, 5.41) is 3.18. The Morgan fingerprint density at radius 3 is 2.55 bits per heavy atom. The van der Waals surface area contributed by atoms with Crippen LogP contribution in [0.15, 0.2) is 24.3 Å². The number of halogens is 1. The van der Waals surface area contributed by atoms with Crippen LogP contribution in [0.5, 0.6) is 5.75 Å². The largest absolute Gasteiger partial charge is 0.494 e. The minimum absolute atomic E-state index is 0.304. The van der Waals surface area contributed by atoms with E-state index < -0.39 is 5.54 Å². The standard InChI is InChI=1S/C15H22FNO3/c1-4-10-17-15(2,14(18)19-3)9-11-20-13-7-5-12(16)6-8-13/h5-8,17H,4,9-11H2,1-3H3. The van der Waals surface area contributed by atoms with Crippen LogP contribution < -0.4 is 10.1 Å². The average Bonchev–Trinajstić information content (AvgIpc) is 2.46. The van der Waals surface area contributed by atoms with Gasteiger partial charge in [-0.05, 0) is 44.2 Å². The smallest absolute Gasteiger partial charge is 0.325 e. The molecule has 0 spiro atoms. The second-order valence-corrected chi connectivity index (χ2v) is 4.80. The van der Waals surface area contributed by atoms with Gasteiger partial charge in [-0.3, -0.25) is 4.79 Å². The molecule has 112 valence electrons. The summed E-state index contributed by atoms with van der Waals surface area (Å²) < 4.78 is 23.1. The molecular weight excluding hydrogens is 261 g/mol. The minimum Gasteiger partial charge on any atom is -0.494 e. The number of esters is 1. The normalized spacial score (nSPS) is 13.6. The Morgan fingerprint density at radius 2 is 2.00 bits per heavy atom. The van der Waals surface area contributed by atoms with Crippen LogP contribution in [0.1, 0.15) is 26.7 Å². The molecule has 20 heavy (non-hydrogen) atoms. The fraction of sp³-hybridized carbons (Fsp3) is 0.533. The van der Waals surface area contributed by atoms with E-state index in [-0.39, 0.29) is 11.8 Å². The van der Waals surface area contributed by atoms with Gasteiger partial charge in [0.25, 0.3) is 0 Å². The maximum Gasteiger partial charge on any atom is 0.325 e. The van der Waals surface area contributed by atoms with Crippen molar-refractivity contribution in [1.29, 1.82) is 0 Å². The van der Waals surface area contributed by atoms with Crippen LogP contribution >= 0.6 is 0 Å². The Balaban J connectivity index is 2.53. The molecule has 1 aromatic carbocycles. The van der Waals surface area contributed by atoms with E-state index in [0.717, 1.165) is 13.0 Å². The fourth-order valence-electron chi connectivity index (χ4n) is 1.79. The number of benzene rings is 1. The topological polar surface area (TPSA) is 47.6 Å². The molecule has 0 aliphatic rings. The molecule has 0 heterocycles. The first-order valence-electron chi connectivity index (χ1n) is 6.73. The molecule has 1 N–H and O–H groups in total. The predicted octanol–water partition coefficient (Wildman–Crippen LogP) is 2.53. The molecule has 0 amide bonds. The molecule has 0 aromatic heterocycles. The number of carbonyl (C=O) groups is 1. The van der Waals surface area contributed by atoms with Crippen molar-refractivity contribution in [2.45, 2.75) is 32.2 Å². The van der Waals surface area contributed by atoms with Crippen molar-refractivity contribution < 1.29 is 18.7 Å². The molecule has 0 fully saturated rings. The SMILES string of the molecule is CCCNC(C)(CCOc1ccc(F)cc1)C(=O)OC. The van der Waals surface area contributed by atoms with Crippen molar-refractivity contribution in [2.24, 2.45) is 0 Å². The molecule has 0 saturated carbocycles. The van der Waals surface area contributed by atoms with Crippen molar-refractivity contribution in [3.63, 3.8) is 0 Å². The first-order valence-corrected chi connectivity index (χ1v) is 6.73. The van der Waals surface area contributed by atoms with Crippen LogP contribution in [-0.2, 0) is 9.53 Å². The highest BCUT2D eigenvalue weighted by Gasteiger charge is 2.33. The molecule has 1 rings (SSSR count). The number of nitrogens with one attached hydrogen (secondary N) is 1. The first-order chi connectivity index (χ1) is 9.51. The zero-order chi connectivity index (χ0) is 15.0. The molecule has 4 nitrogen and oxygen atoms in total. The molecule has 1 aromatic rings. The van der Waals surface area contributed by atoms with Gasteiger partial charge in [0.15, 0.2) is 0 Å². The number of hydrogen-bond donors (Lipinski definition) is 1. The van der Waals surface area contributed by atoms with Gasteiger partial charge in [-0.2, -0.15) is 0 Å². The summed E-state index contributed by atoms with van der Waals surface area (Å²) in [4.78, 5) is 11.8. The molecule has 0 aliphatic heterocycles. The average molecular weight is 283 g/mol. The third-order valence-corrected chi connectivity index (χ3v) is 3.09. The van der Waals surface area contributed by atoms with Gasteiger partial charge in [0.1, 0.15) is 17.1 Å². The maximum atomic E-state index is 12.8. The van der Waals surface area contributed by atoms with Crippen LogP contribution in [-0.4, -0.2) is 31.8 Å². The summed E-state index contributed by atoms with van der Waals surface area (Å²) in [6.45, 7) is 4.89. The lowest BCUT2D eigenvalue weighted by molar-refractivity contribution is -0.148. The molecule has 1 unspecified atom stereocenters. The highest BCUT2D eigenvalue weighted by atomic mass is 19.1. The van der Waals surface area contributed by atoms with E-state index in [9.17, 15) is 9.18 Å². The van der Waals surface area contributed by atoms with Gasteiger partial charge in [0.2, 0.25) is 0 Å². The summed E-state index contributed by atoms with van der Waals surface area (Å²) in [7, 11) is 1.37. The maximum absolute atomic E-state index is 12.8. The van der Waals surface area contributed by atoms with E-state index in [2.05, 4.69) is 5.32 Å². The van der Waals surface area contributed by atoms with Crippen molar-refractivity contribution >= 4 is 5.97 Å². The number of rotatable bonds is 8. The lowest BCUT2D eigenvalue weighted by Gasteiger charge is -2.27. The third-order valence-electron chi connectivity index (χ3n) is 3.09. The summed E-state index contributed by atoms with van der Waals surface area (Å²) in [5.74, 6) is -0.0378. The highest BCUT2D eigenvalue weighted by molar-refractivity contribution is 5.80. The minimum atomic E-state index is -0.773. The van der Waals surface area contributed by atoms with E-state index in [4.69, 9.17) is 9.47 Å². The monoisotopic (exact) mass is 283 g/mol. The summed E-state index contributed by atoms with van der Waals surface area (Å²) in [5.41, 5.74) is -0.773. The van der Waals surface area contributed by atoms with Gasteiger partial charge < -0.3 is 14.8 Å². The number of ether oxygens (including phenoxy) is 2. The Labute approximate surface area is 119 Å².